The maximum Gasteiger partial charge on any atom is 0.132 e. The van der Waals surface area contributed by atoms with Gasteiger partial charge < -0.3 is 0 Å². The van der Waals surface area contributed by atoms with Gasteiger partial charge in [0.1, 0.15) is 4.60 Å². The Balaban J connectivity index is 3.23. The lowest BCUT2D eigenvalue weighted by atomic mass is 9.88. The van der Waals surface area contributed by atoms with Gasteiger partial charge in [0.25, 0.3) is 0 Å². The highest BCUT2D eigenvalue weighted by molar-refractivity contribution is 9.10. The minimum Gasteiger partial charge on any atom is -0.155 e. The molecule has 2 nitrogen and oxygen atoms in total. The molecule has 0 bridgehead atoms. The van der Waals surface area contributed by atoms with Gasteiger partial charge in [-0.2, -0.15) is 5.10 Å². The van der Waals surface area contributed by atoms with Gasteiger partial charge in [0.2, 0.25) is 0 Å². The van der Waals surface area contributed by atoms with Gasteiger partial charge in [0.15, 0.2) is 0 Å². The number of aromatic nitrogens is 2. The molecule has 0 spiro atoms. The average molecular weight is 229 g/mol. The fourth-order valence-corrected chi connectivity index (χ4v) is 1.79. The first-order chi connectivity index (χ1) is 5.41. The smallest absolute Gasteiger partial charge is 0.132 e. The lowest BCUT2D eigenvalue weighted by Gasteiger charge is -2.19. The summed E-state index contributed by atoms with van der Waals surface area (Å²) in [7, 11) is 0. The van der Waals surface area contributed by atoms with E-state index in [2.05, 4.69) is 53.0 Å². The van der Waals surface area contributed by atoms with Gasteiger partial charge in [-0.1, -0.05) is 20.8 Å². The molecule has 0 aliphatic heterocycles. The van der Waals surface area contributed by atoms with Crippen LogP contribution in [0.5, 0.6) is 0 Å². The predicted molar refractivity (Wildman–Crippen MR) is 53.2 cm³/mol. The Morgan fingerprint density at radius 3 is 2.25 bits per heavy atom. The molecular formula is C9H13BrN2. The SMILES string of the molecule is Cc1cc(C(C)(C)C)c(Br)nn1. The molecule has 0 aliphatic rings. The molecule has 1 aromatic rings. The molecule has 0 atom stereocenters. The van der Waals surface area contributed by atoms with Crippen molar-refractivity contribution >= 4 is 15.9 Å². The third-order valence-corrected chi connectivity index (χ3v) is 2.26. The van der Waals surface area contributed by atoms with E-state index in [1.807, 2.05) is 6.92 Å². The summed E-state index contributed by atoms with van der Waals surface area (Å²) in [6.45, 7) is 8.44. The molecule has 12 heavy (non-hydrogen) atoms. The Bertz CT molecular complexity index is 289. The van der Waals surface area contributed by atoms with Crippen molar-refractivity contribution in [2.75, 3.05) is 0 Å². The first kappa shape index (κ1) is 9.65. The van der Waals surface area contributed by atoms with E-state index >= 15 is 0 Å². The zero-order valence-electron chi connectivity index (χ0n) is 7.85. The van der Waals surface area contributed by atoms with Crippen molar-refractivity contribution < 1.29 is 0 Å². The van der Waals surface area contributed by atoms with Crippen LogP contribution in [0.1, 0.15) is 32.0 Å². The molecule has 1 heterocycles. The van der Waals surface area contributed by atoms with Crippen LogP contribution in [0, 0.1) is 6.92 Å². The lowest BCUT2D eigenvalue weighted by molar-refractivity contribution is 0.578. The van der Waals surface area contributed by atoms with E-state index in [1.165, 1.54) is 5.56 Å². The second-order valence-electron chi connectivity index (χ2n) is 3.94. The first-order valence-corrected chi connectivity index (χ1v) is 4.71. The summed E-state index contributed by atoms with van der Waals surface area (Å²) in [4.78, 5) is 0. The summed E-state index contributed by atoms with van der Waals surface area (Å²) in [6.07, 6.45) is 0. The highest BCUT2D eigenvalue weighted by atomic mass is 79.9. The van der Waals surface area contributed by atoms with Gasteiger partial charge in [0, 0.05) is 0 Å². The van der Waals surface area contributed by atoms with Crippen molar-refractivity contribution in [3.05, 3.63) is 21.9 Å². The monoisotopic (exact) mass is 228 g/mol. The Morgan fingerprint density at radius 1 is 1.25 bits per heavy atom. The average Bonchev–Trinajstić information content (AvgIpc) is 1.92. The van der Waals surface area contributed by atoms with E-state index in [1.54, 1.807) is 0 Å². The van der Waals surface area contributed by atoms with Crippen molar-refractivity contribution in [2.24, 2.45) is 0 Å². The first-order valence-electron chi connectivity index (χ1n) is 3.91. The predicted octanol–water partition coefficient (Wildman–Crippen LogP) is 2.85. The molecule has 0 radical (unpaired) electrons. The van der Waals surface area contributed by atoms with E-state index in [0.717, 1.165) is 10.3 Å². The second-order valence-corrected chi connectivity index (χ2v) is 4.69. The molecule has 3 heteroatoms. The number of hydrogen-bond acceptors (Lipinski definition) is 2. The van der Waals surface area contributed by atoms with Gasteiger partial charge in [0.05, 0.1) is 5.69 Å². The van der Waals surface area contributed by atoms with Crippen molar-refractivity contribution in [3.63, 3.8) is 0 Å². The number of aryl methyl sites for hydroxylation is 1. The fraction of sp³-hybridized carbons (Fsp3) is 0.556. The summed E-state index contributed by atoms with van der Waals surface area (Å²) < 4.78 is 0.848. The Kier molecular flexibility index (Phi) is 2.52. The third-order valence-electron chi connectivity index (χ3n) is 1.68. The molecule has 1 aromatic heterocycles. The van der Waals surface area contributed by atoms with Crippen LogP contribution in [-0.4, -0.2) is 10.2 Å². The molecule has 0 saturated heterocycles. The van der Waals surface area contributed by atoms with Gasteiger partial charge in [-0.05, 0) is 39.9 Å². The highest BCUT2D eigenvalue weighted by Crippen LogP contribution is 2.27. The lowest BCUT2D eigenvalue weighted by Crippen LogP contribution is -2.13. The molecule has 0 amide bonds. The quantitative estimate of drug-likeness (QED) is 0.683. The topological polar surface area (TPSA) is 25.8 Å². The Morgan fingerprint density at radius 2 is 1.83 bits per heavy atom. The number of hydrogen-bond donors (Lipinski definition) is 0. The van der Waals surface area contributed by atoms with Gasteiger partial charge in [-0.25, -0.2) is 0 Å². The zero-order valence-corrected chi connectivity index (χ0v) is 9.44. The molecule has 1 rings (SSSR count). The van der Waals surface area contributed by atoms with E-state index in [-0.39, 0.29) is 5.41 Å². The minimum atomic E-state index is 0.125. The molecular weight excluding hydrogens is 216 g/mol. The van der Waals surface area contributed by atoms with E-state index in [0.29, 0.717) is 0 Å². The Labute approximate surface area is 81.5 Å². The van der Waals surface area contributed by atoms with Crippen LogP contribution in [0.25, 0.3) is 0 Å². The normalized spacial score (nSPS) is 11.8. The van der Waals surface area contributed by atoms with Gasteiger partial charge >= 0.3 is 0 Å². The van der Waals surface area contributed by atoms with Gasteiger partial charge in [-0.15, -0.1) is 5.10 Å². The summed E-state index contributed by atoms with van der Waals surface area (Å²) in [5.41, 5.74) is 2.29. The van der Waals surface area contributed by atoms with Crippen LogP contribution < -0.4 is 0 Å². The minimum absolute atomic E-state index is 0.125. The van der Waals surface area contributed by atoms with Crippen LogP contribution >= 0.6 is 15.9 Å². The van der Waals surface area contributed by atoms with E-state index in [4.69, 9.17) is 0 Å². The van der Waals surface area contributed by atoms with Crippen molar-refractivity contribution in [2.45, 2.75) is 33.1 Å². The number of rotatable bonds is 0. The summed E-state index contributed by atoms with van der Waals surface area (Å²) in [6, 6.07) is 2.07. The summed E-state index contributed by atoms with van der Waals surface area (Å²) in [5.74, 6) is 0. The molecule has 66 valence electrons. The second kappa shape index (κ2) is 3.13. The fourth-order valence-electron chi connectivity index (χ4n) is 1.000. The number of nitrogens with zero attached hydrogens (tertiary/aromatic N) is 2. The van der Waals surface area contributed by atoms with E-state index in [9.17, 15) is 0 Å². The number of halogens is 1. The Hall–Kier alpha value is -0.440. The van der Waals surface area contributed by atoms with Crippen LogP contribution in [0.2, 0.25) is 0 Å². The largest absolute Gasteiger partial charge is 0.155 e. The van der Waals surface area contributed by atoms with Crippen LogP contribution in [0.4, 0.5) is 0 Å². The molecule has 0 N–H and O–H groups in total. The van der Waals surface area contributed by atoms with Crippen molar-refractivity contribution in [3.8, 4) is 0 Å². The molecule has 0 aliphatic carbocycles. The third kappa shape index (κ3) is 2.03. The summed E-state index contributed by atoms with van der Waals surface area (Å²) >= 11 is 3.39. The highest BCUT2D eigenvalue weighted by Gasteiger charge is 2.18. The van der Waals surface area contributed by atoms with Crippen molar-refractivity contribution in [1.29, 1.82) is 0 Å². The van der Waals surface area contributed by atoms with Gasteiger partial charge in [-0.3, -0.25) is 0 Å². The van der Waals surface area contributed by atoms with Crippen LogP contribution in [-0.2, 0) is 5.41 Å². The molecule has 0 fully saturated rings. The zero-order chi connectivity index (χ0) is 9.35. The maximum absolute atomic E-state index is 4.01. The molecule has 0 aromatic carbocycles. The van der Waals surface area contributed by atoms with Crippen molar-refractivity contribution in [1.82, 2.24) is 10.2 Å². The van der Waals surface area contributed by atoms with Crippen LogP contribution in [0.15, 0.2) is 10.7 Å². The molecule has 0 saturated carbocycles. The molecule has 0 unspecified atom stereocenters. The van der Waals surface area contributed by atoms with E-state index < -0.39 is 0 Å². The van der Waals surface area contributed by atoms with Crippen LogP contribution in [0.3, 0.4) is 0 Å². The summed E-state index contributed by atoms with van der Waals surface area (Å²) in [5, 5.41) is 7.97. The standard InChI is InChI=1S/C9H13BrN2/c1-6-5-7(9(2,3)4)8(10)12-11-6/h5H,1-4H3. The maximum atomic E-state index is 4.01.